The molecule has 0 aromatic carbocycles. The molecule has 0 spiro atoms. The highest BCUT2D eigenvalue weighted by Gasteiger charge is 2.11. The lowest BCUT2D eigenvalue weighted by molar-refractivity contribution is 0.709. The quantitative estimate of drug-likeness (QED) is 0.690. The number of nitrogens with zero attached hydrogens (tertiary/aromatic N) is 3. The molecule has 0 bridgehead atoms. The van der Waals surface area contributed by atoms with E-state index in [1.807, 2.05) is 0 Å². The first-order chi connectivity index (χ1) is 7.06. The molecule has 0 saturated heterocycles. The number of aromatic amines is 1. The van der Waals surface area contributed by atoms with Gasteiger partial charge in [0.05, 0.1) is 0 Å². The number of aromatic nitrogens is 4. The van der Waals surface area contributed by atoms with Crippen molar-refractivity contribution >= 4 is 17.2 Å². The molecule has 2 aromatic heterocycles. The van der Waals surface area contributed by atoms with Gasteiger partial charge in [-0.2, -0.15) is 0 Å². The number of fused-ring (bicyclic) bond motifs is 1. The summed E-state index contributed by atoms with van der Waals surface area (Å²) in [5.74, 6) is 0.475. The van der Waals surface area contributed by atoms with Gasteiger partial charge >= 0.3 is 5.69 Å². The molecule has 0 amide bonds. The number of nitrogens with one attached hydrogen (secondary N) is 1. The van der Waals surface area contributed by atoms with Gasteiger partial charge in [0.15, 0.2) is 5.65 Å². The van der Waals surface area contributed by atoms with E-state index in [-0.39, 0.29) is 5.56 Å². The Morgan fingerprint density at radius 1 is 1.33 bits per heavy atom. The first-order valence-corrected chi connectivity index (χ1v) is 4.34. The molecule has 1 N–H and O–H groups in total. The van der Waals surface area contributed by atoms with Crippen LogP contribution in [-0.4, -0.2) is 19.1 Å². The van der Waals surface area contributed by atoms with Gasteiger partial charge in [0.1, 0.15) is 11.3 Å². The lowest BCUT2D eigenvalue weighted by atomic mass is 10.5. The second kappa shape index (κ2) is 2.94. The van der Waals surface area contributed by atoms with Crippen LogP contribution in [0, 0.1) is 0 Å². The lowest BCUT2D eigenvalue weighted by Crippen LogP contribution is -2.36. The van der Waals surface area contributed by atoms with Crippen LogP contribution in [0.2, 0.25) is 0 Å². The van der Waals surface area contributed by atoms with E-state index < -0.39 is 5.69 Å². The number of H-pyrrole nitrogens is 1. The second-order valence-electron chi connectivity index (χ2n) is 3.23. The SMILES string of the molecule is C=Cc1nc2c([nH]1)c(=O)n(C)c(=O)n2C. The molecule has 2 aromatic rings. The van der Waals surface area contributed by atoms with Crippen LogP contribution in [0.3, 0.4) is 0 Å². The number of imidazole rings is 1. The van der Waals surface area contributed by atoms with Gasteiger partial charge in [-0.15, -0.1) is 0 Å². The summed E-state index contributed by atoms with van der Waals surface area (Å²) in [5.41, 5.74) is -0.115. The largest absolute Gasteiger partial charge is 0.333 e. The fraction of sp³-hybridized carbons (Fsp3) is 0.222. The third-order valence-corrected chi connectivity index (χ3v) is 2.31. The van der Waals surface area contributed by atoms with Crippen molar-refractivity contribution in [3.63, 3.8) is 0 Å². The molecule has 2 rings (SSSR count). The van der Waals surface area contributed by atoms with Crippen molar-refractivity contribution in [2.75, 3.05) is 0 Å². The van der Waals surface area contributed by atoms with Crippen LogP contribution in [0.25, 0.3) is 17.2 Å². The Morgan fingerprint density at radius 3 is 2.60 bits per heavy atom. The molecule has 0 aliphatic heterocycles. The van der Waals surface area contributed by atoms with E-state index >= 15 is 0 Å². The molecule has 78 valence electrons. The van der Waals surface area contributed by atoms with Crippen LogP contribution in [0.5, 0.6) is 0 Å². The maximum atomic E-state index is 11.7. The summed E-state index contributed by atoms with van der Waals surface area (Å²) in [7, 11) is 3.00. The molecule has 6 heteroatoms. The molecule has 0 aliphatic rings. The summed E-state index contributed by atoms with van der Waals surface area (Å²) in [5, 5.41) is 0. The third-order valence-electron chi connectivity index (χ3n) is 2.31. The molecular formula is C9H10N4O2. The van der Waals surface area contributed by atoms with Crippen molar-refractivity contribution in [1.29, 1.82) is 0 Å². The van der Waals surface area contributed by atoms with Crippen molar-refractivity contribution in [3.8, 4) is 0 Å². The molecule has 0 aliphatic carbocycles. The molecule has 6 nitrogen and oxygen atoms in total. The highest BCUT2D eigenvalue weighted by Crippen LogP contribution is 2.04. The second-order valence-corrected chi connectivity index (χ2v) is 3.23. The molecule has 0 saturated carbocycles. The molecule has 0 fully saturated rings. The van der Waals surface area contributed by atoms with Crippen LogP contribution in [0.4, 0.5) is 0 Å². The monoisotopic (exact) mass is 206 g/mol. The first kappa shape index (κ1) is 9.45. The normalized spacial score (nSPS) is 10.8. The van der Waals surface area contributed by atoms with E-state index in [4.69, 9.17) is 0 Å². The van der Waals surface area contributed by atoms with Gasteiger partial charge in [-0.05, 0) is 6.08 Å². The number of hydrogen-bond donors (Lipinski definition) is 1. The zero-order valence-electron chi connectivity index (χ0n) is 8.44. The van der Waals surface area contributed by atoms with Crippen LogP contribution < -0.4 is 11.2 Å². The van der Waals surface area contributed by atoms with Crippen molar-refractivity contribution in [2.24, 2.45) is 14.1 Å². The zero-order chi connectivity index (χ0) is 11.2. The van der Waals surface area contributed by atoms with Crippen molar-refractivity contribution in [3.05, 3.63) is 33.2 Å². The highest BCUT2D eigenvalue weighted by molar-refractivity contribution is 5.71. The van der Waals surface area contributed by atoms with E-state index in [0.717, 1.165) is 4.57 Å². The van der Waals surface area contributed by atoms with Crippen LogP contribution in [-0.2, 0) is 14.1 Å². The molecule has 2 heterocycles. The average molecular weight is 206 g/mol. The minimum Gasteiger partial charge on any atom is -0.333 e. The summed E-state index contributed by atoms with van der Waals surface area (Å²) in [6, 6.07) is 0. The van der Waals surface area contributed by atoms with Crippen LogP contribution in [0.1, 0.15) is 5.82 Å². The van der Waals surface area contributed by atoms with Gasteiger partial charge in [-0.1, -0.05) is 6.58 Å². The standard InChI is InChI=1S/C9H10N4O2/c1-4-5-10-6-7(11-5)12(2)9(15)13(3)8(6)14/h4H,1H2,2-3H3,(H,10,11). The topological polar surface area (TPSA) is 72.7 Å². The minimum absolute atomic E-state index is 0.314. The van der Waals surface area contributed by atoms with Gasteiger partial charge < -0.3 is 4.98 Å². The summed E-state index contributed by atoms with van der Waals surface area (Å²) < 4.78 is 2.35. The minimum atomic E-state index is -0.394. The molecule has 0 radical (unpaired) electrons. The fourth-order valence-corrected chi connectivity index (χ4v) is 1.44. The Morgan fingerprint density at radius 2 is 2.00 bits per heavy atom. The Balaban J connectivity index is 3.11. The predicted molar refractivity (Wildman–Crippen MR) is 56.7 cm³/mol. The Hall–Kier alpha value is -2.11. The molecule has 0 unspecified atom stereocenters. The maximum absolute atomic E-state index is 11.7. The fourth-order valence-electron chi connectivity index (χ4n) is 1.44. The van der Waals surface area contributed by atoms with E-state index in [1.54, 1.807) is 7.05 Å². The third kappa shape index (κ3) is 1.14. The maximum Gasteiger partial charge on any atom is 0.332 e. The van der Waals surface area contributed by atoms with Crippen LogP contribution in [0.15, 0.2) is 16.2 Å². The summed E-state index contributed by atoms with van der Waals surface area (Å²) in [6.07, 6.45) is 1.49. The summed E-state index contributed by atoms with van der Waals surface area (Å²) in [4.78, 5) is 30.1. The van der Waals surface area contributed by atoms with Crippen molar-refractivity contribution < 1.29 is 0 Å². The van der Waals surface area contributed by atoms with E-state index in [9.17, 15) is 9.59 Å². The van der Waals surface area contributed by atoms with E-state index in [1.165, 1.54) is 17.7 Å². The van der Waals surface area contributed by atoms with Gasteiger partial charge in [0.25, 0.3) is 5.56 Å². The van der Waals surface area contributed by atoms with Gasteiger partial charge in [-0.25, -0.2) is 9.78 Å². The Labute approximate surface area is 84.5 Å². The summed E-state index contributed by atoms with van der Waals surface area (Å²) >= 11 is 0. The average Bonchev–Trinajstić information content (AvgIpc) is 2.67. The zero-order valence-corrected chi connectivity index (χ0v) is 8.44. The van der Waals surface area contributed by atoms with E-state index in [2.05, 4.69) is 16.5 Å². The van der Waals surface area contributed by atoms with E-state index in [0.29, 0.717) is 17.0 Å². The first-order valence-electron chi connectivity index (χ1n) is 4.34. The van der Waals surface area contributed by atoms with Crippen LogP contribution >= 0.6 is 0 Å². The molecular weight excluding hydrogens is 196 g/mol. The Bertz CT molecular complexity index is 659. The van der Waals surface area contributed by atoms with Gasteiger partial charge in [0.2, 0.25) is 0 Å². The number of aryl methyl sites for hydroxylation is 1. The number of rotatable bonds is 1. The van der Waals surface area contributed by atoms with Crippen molar-refractivity contribution in [1.82, 2.24) is 19.1 Å². The highest BCUT2D eigenvalue weighted by atomic mass is 16.2. The lowest BCUT2D eigenvalue weighted by Gasteiger charge is -2.00. The number of hydrogen-bond acceptors (Lipinski definition) is 3. The Kier molecular flexibility index (Phi) is 1.85. The summed E-state index contributed by atoms with van der Waals surface area (Å²) in [6.45, 7) is 3.54. The van der Waals surface area contributed by atoms with Gasteiger partial charge in [0, 0.05) is 14.1 Å². The molecule has 0 atom stereocenters. The van der Waals surface area contributed by atoms with Crippen molar-refractivity contribution in [2.45, 2.75) is 0 Å². The predicted octanol–water partition coefficient (Wildman–Crippen LogP) is -0.397. The molecule has 15 heavy (non-hydrogen) atoms. The smallest absolute Gasteiger partial charge is 0.332 e. The van der Waals surface area contributed by atoms with Gasteiger partial charge in [-0.3, -0.25) is 13.9 Å².